The second-order valence-corrected chi connectivity index (χ2v) is 8.06. The van der Waals surface area contributed by atoms with Crippen molar-refractivity contribution in [3.05, 3.63) is 59.2 Å². The Morgan fingerprint density at radius 1 is 1.33 bits per heavy atom. The summed E-state index contributed by atoms with van der Waals surface area (Å²) in [5.74, 6) is 0.151. The fourth-order valence-electron chi connectivity index (χ4n) is 4.30. The number of rotatable bonds is 4. The van der Waals surface area contributed by atoms with Crippen LogP contribution in [0, 0.1) is 5.92 Å². The van der Waals surface area contributed by atoms with Gasteiger partial charge in [0.25, 0.3) is 11.8 Å². The summed E-state index contributed by atoms with van der Waals surface area (Å²) in [6.07, 6.45) is 6.51. The molecule has 0 bridgehead atoms. The van der Waals surface area contributed by atoms with Gasteiger partial charge >= 0.3 is 0 Å². The van der Waals surface area contributed by atoms with Gasteiger partial charge in [0.2, 0.25) is 0 Å². The highest BCUT2D eigenvalue weighted by Gasteiger charge is 2.29. The van der Waals surface area contributed by atoms with Gasteiger partial charge in [0.05, 0.1) is 24.4 Å². The summed E-state index contributed by atoms with van der Waals surface area (Å²) < 4.78 is 7.42. The first kappa shape index (κ1) is 18.9. The molecular weight excluding hydrogens is 382 g/mol. The Balaban J connectivity index is 1.29. The summed E-state index contributed by atoms with van der Waals surface area (Å²) in [4.78, 5) is 27.6. The normalized spacial score (nSPS) is 18.9. The zero-order valence-electron chi connectivity index (χ0n) is 16.8. The zero-order valence-corrected chi connectivity index (χ0v) is 16.8. The van der Waals surface area contributed by atoms with Gasteiger partial charge in [0, 0.05) is 49.6 Å². The van der Waals surface area contributed by atoms with Gasteiger partial charge in [0.15, 0.2) is 0 Å². The second-order valence-electron chi connectivity index (χ2n) is 8.06. The van der Waals surface area contributed by atoms with Gasteiger partial charge in [-0.25, -0.2) is 0 Å². The third kappa shape index (κ3) is 3.59. The monoisotopic (exact) mass is 407 g/mol. The highest BCUT2D eigenvalue weighted by atomic mass is 16.5. The predicted molar refractivity (Wildman–Crippen MR) is 110 cm³/mol. The summed E-state index contributed by atoms with van der Waals surface area (Å²) in [7, 11) is 0. The standard InChI is InChI=1S/C22H25N5O3/c28-21(23-11-15-4-3-9-30-14-15)20-18-13-27(8-6-19(18)24-25-20)22(29)16-10-17-5-1-2-7-26(17)12-16/h1-2,5,7,10,12,15H,3-4,6,8-9,11,13-14H2,(H,23,28)(H,24,25). The molecule has 2 amide bonds. The Bertz CT molecular complexity index is 1050. The number of H-pyrrole nitrogens is 1. The average molecular weight is 407 g/mol. The average Bonchev–Trinajstić information content (AvgIpc) is 3.41. The summed E-state index contributed by atoms with van der Waals surface area (Å²) in [6, 6.07) is 7.75. The lowest BCUT2D eigenvalue weighted by Gasteiger charge is -2.26. The molecule has 2 N–H and O–H groups in total. The molecule has 0 aliphatic carbocycles. The number of carbonyl (C=O) groups is 2. The van der Waals surface area contributed by atoms with Crippen LogP contribution in [0.5, 0.6) is 0 Å². The van der Waals surface area contributed by atoms with Gasteiger partial charge in [-0.3, -0.25) is 14.7 Å². The molecule has 1 unspecified atom stereocenters. The quantitative estimate of drug-likeness (QED) is 0.692. The smallest absolute Gasteiger partial charge is 0.269 e. The molecule has 8 heteroatoms. The molecule has 1 fully saturated rings. The van der Waals surface area contributed by atoms with Crippen molar-refractivity contribution in [1.82, 2.24) is 24.8 Å². The molecule has 5 heterocycles. The fraction of sp³-hybridized carbons (Fsp3) is 0.409. The van der Waals surface area contributed by atoms with Crippen LogP contribution in [0.3, 0.4) is 0 Å². The van der Waals surface area contributed by atoms with Crippen LogP contribution in [-0.4, -0.2) is 57.6 Å². The second kappa shape index (κ2) is 7.95. The largest absolute Gasteiger partial charge is 0.381 e. The van der Waals surface area contributed by atoms with Crippen molar-refractivity contribution in [2.24, 2.45) is 5.92 Å². The molecule has 0 saturated carbocycles. The van der Waals surface area contributed by atoms with E-state index in [1.54, 1.807) is 4.90 Å². The Hall–Kier alpha value is -3.13. The summed E-state index contributed by atoms with van der Waals surface area (Å²) in [5, 5.41) is 10.2. The van der Waals surface area contributed by atoms with E-state index in [4.69, 9.17) is 4.74 Å². The molecule has 156 valence electrons. The van der Waals surface area contributed by atoms with E-state index >= 15 is 0 Å². The topological polar surface area (TPSA) is 91.7 Å². The van der Waals surface area contributed by atoms with Crippen LogP contribution in [0.25, 0.3) is 5.52 Å². The molecule has 3 aromatic heterocycles. The van der Waals surface area contributed by atoms with E-state index in [1.807, 2.05) is 41.1 Å². The molecule has 1 atom stereocenters. The lowest BCUT2D eigenvalue weighted by molar-refractivity contribution is 0.0535. The number of nitrogens with zero attached hydrogens (tertiary/aromatic N) is 3. The van der Waals surface area contributed by atoms with E-state index in [1.165, 1.54) is 0 Å². The van der Waals surface area contributed by atoms with Crippen molar-refractivity contribution >= 4 is 17.3 Å². The number of aromatic nitrogens is 3. The van der Waals surface area contributed by atoms with Gasteiger partial charge in [-0.1, -0.05) is 6.07 Å². The summed E-state index contributed by atoms with van der Waals surface area (Å²) >= 11 is 0. The number of aromatic amines is 1. The number of hydrogen-bond acceptors (Lipinski definition) is 4. The Morgan fingerprint density at radius 2 is 2.27 bits per heavy atom. The van der Waals surface area contributed by atoms with Crippen molar-refractivity contribution in [2.45, 2.75) is 25.8 Å². The molecule has 2 aliphatic heterocycles. The number of ether oxygens (including phenoxy) is 1. The minimum atomic E-state index is -0.168. The first-order valence-corrected chi connectivity index (χ1v) is 10.5. The SMILES string of the molecule is O=C(NCC1CCCOC1)c1[nH]nc2c1CN(C(=O)c1cc3ccccn3c1)CC2. The number of fused-ring (bicyclic) bond motifs is 2. The summed E-state index contributed by atoms with van der Waals surface area (Å²) in [6.45, 7) is 3.05. The van der Waals surface area contributed by atoms with Crippen molar-refractivity contribution in [3.8, 4) is 0 Å². The maximum absolute atomic E-state index is 13.1. The first-order valence-electron chi connectivity index (χ1n) is 10.5. The van der Waals surface area contributed by atoms with Gasteiger partial charge < -0.3 is 19.4 Å². The van der Waals surface area contributed by atoms with Gasteiger partial charge in [-0.15, -0.1) is 0 Å². The molecule has 0 aromatic carbocycles. The van der Waals surface area contributed by atoms with Gasteiger partial charge in [-0.2, -0.15) is 5.10 Å². The minimum absolute atomic E-state index is 0.0312. The van der Waals surface area contributed by atoms with Crippen LogP contribution in [0.2, 0.25) is 0 Å². The third-order valence-electron chi connectivity index (χ3n) is 5.99. The van der Waals surface area contributed by atoms with Crippen molar-refractivity contribution in [1.29, 1.82) is 0 Å². The number of amides is 2. The van der Waals surface area contributed by atoms with Crippen LogP contribution in [0.4, 0.5) is 0 Å². The third-order valence-corrected chi connectivity index (χ3v) is 5.99. The molecule has 2 aliphatic rings. The molecule has 0 spiro atoms. The fourth-order valence-corrected chi connectivity index (χ4v) is 4.30. The number of carbonyl (C=O) groups excluding carboxylic acids is 2. The van der Waals surface area contributed by atoms with E-state index in [0.717, 1.165) is 36.2 Å². The number of pyridine rings is 1. The molecule has 8 nitrogen and oxygen atoms in total. The van der Waals surface area contributed by atoms with E-state index in [9.17, 15) is 9.59 Å². The minimum Gasteiger partial charge on any atom is -0.381 e. The summed E-state index contributed by atoms with van der Waals surface area (Å²) in [5.41, 5.74) is 3.77. The predicted octanol–water partition coefficient (Wildman–Crippen LogP) is 2.02. The zero-order chi connectivity index (χ0) is 20.5. The highest BCUT2D eigenvalue weighted by molar-refractivity contribution is 5.97. The molecule has 1 saturated heterocycles. The van der Waals surface area contributed by atoms with Crippen LogP contribution < -0.4 is 5.32 Å². The Morgan fingerprint density at radius 3 is 3.10 bits per heavy atom. The van der Waals surface area contributed by atoms with Crippen molar-refractivity contribution in [3.63, 3.8) is 0 Å². The lowest BCUT2D eigenvalue weighted by atomic mass is 10.0. The maximum atomic E-state index is 13.1. The number of hydrogen-bond donors (Lipinski definition) is 2. The van der Waals surface area contributed by atoms with Crippen LogP contribution in [0.1, 0.15) is 44.9 Å². The molecule has 3 aromatic rings. The van der Waals surface area contributed by atoms with E-state index in [-0.39, 0.29) is 11.8 Å². The van der Waals surface area contributed by atoms with Gasteiger partial charge in [-0.05, 0) is 37.0 Å². The van der Waals surface area contributed by atoms with E-state index in [0.29, 0.717) is 49.8 Å². The molecule has 5 rings (SSSR count). The Labute approximate surface area is 174 Å². The first-order chi connectivity index (χ1) is 14.7. The molecular formula is C22H25N5O3. The van der Waals surface area contributed by atoms with E-state index < -0.39 is 0 Å². The lowest BCUT2D eigenvalue weighted by Crippen LogP contribution is -2.37. The van der Waals surface area contributed by atoms with Crippen LogP contribution >= 0.6 is 0 Å². The molecule has 0 radical (unpaired) electrons. The van der Waals surface area contributed by atoms with E-state index in [2.05, 4.69) is 15.5 Å². The maximum Gasteiger partial charge on any atom is 0.269 e. The molecule has 30 heavy (non-hydrogen) atoms. The van der Waals surface area contributed by atoms with Crippen molar-refractivity contribution < 1.29 is 14.3 Å². The van der Waals surface area contributed by atoms with Crippen LogP contribution in [0.15, 0.2) is 36.7 Å². The Kier molecular flexibility index (Phi) is 5.00. The van der Waals surface area contributed by atoms with Gasteiger partial charge in [0.1, 0.15) is 5.69 Å². The highest BCUT2D eigenvalue weighted by Crippen LogP contribution is 2.23. The van der Waals surface area contributed by atoms with Crippen LogP contribution in [-0.2, 0) is 17.7 Å². The number of nitrogens with one attached hydrogen (secondary N) is 2. The van der Waals surface area contributed by atoms with Crippen molar-refractivity contribution in [2.75, 3.05) is 26.3 Å².